The Bertz CT molecular complexity index is 1380. The number of para-hydroxylation sites is 1. The number of hydrogen-bond acceptors (Lipinski definition) is 6. The van der Waals surface area contributed by atoms with Gasteiger partial charge in [-0.15, -0.1) is 0 Å². The first-order chi connectivity index (χ1) is 16.5. The molecule has 2 heterocycles. The molecule has 1 aromatic heterocycles. The van der Waals surface area contributed by atoms with Gasteiger partial charge >= 0.3 is 0 Å². The SMILES string of the molecule is O=C(NC(=S)Nc1cccc(NC(=O)c2cc3ccccc3o2)c1)c1ccc2c(c1)OCCO2. The van der Waals surface area contributed by atoms with Gasteiger partial charge in [-0.05, 0) is 60.7 Å². The molecule has 0 bridgehead atoms. The van der Waals surface area contributed by atoms with E-state index in [4.69, 9.17) is 26.1 Å². The third-order valence-electron chi connectivity index (χ3n) is 5.06. The maximum absolute atomic E-state index is 12.6. The summed E-state index contributed by atoms with van der Waals surface area (Å²) in [5.41, 5.74) is 2.16. The number of hydrogen-bond donors (Lipinski definition) is 3. The van der Waals surface area contributed by atoms with E-state index in [1.54, 1.807) is 54.6 Å². The van der Waals surface area contributed by atoms with Crippen LogP contribution in [0.25, 0.3) is 11.0 Å². The average Bonchev–Trinajstić information content (AvgIpc) is 3.28. The van der Waals surface area contributed by atoms with Gasteiger partial charge in [-0.1, -0.05) is 24.3 Å². The minimum Gasteiger partial charge on any atom is -0.486 e. The van der Waals surface area contributed by atoms with Gasteiger partial charge < -0.3 is 24.5 Å². The molecule has 8 nitrogen and oxygen atoms in total. The zero-order chi connectivity index (χ0) is 23.5. The summed E-state index contributed by atoms with van der Waals surface area (Å²) < 4.78 is 16.6. The fourth-order valence-corrected chi connectivity index (χ4v) is 3.69. The second-order valence-corrected chi connectivity index (χ2v) is 7.86. The number of carbonyl (C=O) groups is 2. The molecule has 0 fully saturated rings. The highest BCUT2D eigenvalue weighted by Crippen LogP contribution is 2.30. The Balaban J connectivity index is 1.21. The van der Waals surface area contributed by atoms with Gasteiger partial charge in [-0.25, -0.2) is 0 Å². The molecular weight excluding hydrogens is 454 g/mol. The molecule has 1 aliphatic heterocycles. The molecule has 5 rings (SSSR count). The highest BCUT2D eigenvalue weighted by atomic mass is 32.1. The molecule has 3 aromatic carbocycles. The van der Waals surface area contributed by atoms with Crippen molar-refractivity contribution in [1.82, 2.24) is 5.32 Å². The lowest BCUT2D eigenvalue weighted by Gasteiger charge is -2.18. The van der Waals surface area contributed by atoms with Crippen molar-refractivity contribution < 1.29 is 23.5 Å². The fourth-order valence-electron chi connectivity index (χ4n) is 3.48. The van der Waals surface area contributed by atoms with Crippen molar-refractivity contribution in [2.75, 3.05) is 23.8 Å². The largest absolute Gasteiger partial charge is 0.486 e. The van der Waals surface area contributed by atoms with Gasteiger partial charge in [0.15, 0.2) is 22.4 Å². The number of thiocarbonyl (C=S) groups is 1. The van der Waals surface area contributed by atoms with Gasteiger partial charge in [-0.3, -0.25) is 14.9 Å². The summed E-state index contributed by atoms with van der Waals surface area (Å²) in [5.74, 6) is 0.573. The van der Waals surface area contributed by atoms with Crippen LogP contribution in [-0.2, 0) is 0 Å². The molecule has 2 amide bonds. The van der Waals surface area contributed by atoms with Crippen LogP contribution in [0.2, 0.25) is 0 Å². The van der Waals surface area contributed by atoms with Crippen molar-refractivity contribution in [1.29, 1.82) is 0 Å². The minimum atomic E-state index is -0.385. The Labute approximate surface area is 199 Å². The Kier molecular flexibility index (Phi) is 5.84. The van der Waals surface area contributed by atoms with Crippen LogP contribution < -0.4 is 25.4 Å². The van der Waals surface area contributed by atoms with E-state index < -0.39 is 0 Å². The summed E-state index contributed by atoms with van der Waals surface area (Å²) in [5, 5.41) is 9.34. The molecule has 1 aliphatic rings. The fraction of sp³-hybridized carbons (Fsp3) is 0.0800. The zero-order valence-corrected chi connectivity index (χ0v) is 18.6. The van der Waals surface area contributed by atoms with E-state index in [1.807, 2.05) is 18.2 Å². The first-order valence-electron chi connectivity index (χ1n) is 10.5. The number of carbonyl (C=O) groups excluding carboxylic acids is 2. The smallest absolute Gasteiger partial charge is 0.291 e. The number of anilines is 2. The molecule has 34 heavy (non-hydrogen) atoms. The molecule has 170 valence electrons. The number of fused-ring (bicyclic) bond motifs is 2. The summed E-state index contributed by atoms with van der Waals surface area (Å²) in [6.45, 7) is 0.908. The minimum absolute atomic E-state index is 0.112. The van der Waals surface area contributed by atoms with Crippen LogP contribution in [0.15, 0.2) is 77.2 Å². The first kappa shape index (κ1) is 21.5. The third-order valence-corrected chi connectivity index (χ3v) is 5.26. The van der Waals surface area contributed by atoms with Crippen LogP contribution >= 0.6 is 12.2 Å². The van der Waals surface area contributed by atoms with E-state index in [0.29, 0.717) is 47.2 Å². The quantitative estimate of drug-likeness (QED) is 0.373. The molecule has 4 aromatic rings. The predicted molar refractivity (Wildman–Crippen MR) is 132 cm³/mol. The van der Waals surface area contributed by atoms with Gasteiger partial charge in [-0.2, -0.15) is 0 Å². The normalized spacial score (nSPS) is 12.1. The maximum atomic E-state index is 12.6. The van der Waals surface area contributed by atoms with Crippen LogP contribution in [0.5, 0.6) is 11.5 Å². The summed E-state index contributed by atoms with van der Waals surface area (Å²) in [4.78, 5) is 25.2. The van der Waals surface area contributed by atoms with Crippen LogP contribution in [0.3, 0.4) is 0 Å². The molecule has 3 N–H and O–H groups in total. The first-order valence-corrected chi connectivity index (χ1v) is 10.9. The second-order valence-electron chi connectivity index (χ2n) is 7.45. The van der Waals surface area contributed by atoms with E-state index in [9.17, 15) is 9.59 Å². The Morgan fingerprint density at radius 2 is 1.53 bits per heavy atom. The molecule has 0 aliphatic carbocycles. The molecule has 9 heteroatoms. The number of benzene rings is 3. The monoisotopic (exact) mass is 473 g/mol. The Morgan fingerprint density at radius 3 is 2.35 bits per heavy atom. The zero-order valence-electron chi connectivity index (χ0n) is 17.8. The van der Waals surface area contributed by atoms with Gasteiger partial charge in [0.05, 0.1) is 0 Å². The lowest BCUT2D eigenvalue weighted by atomic mass is 10.2. The number of amides is 2. The summed E-state index contributed by atoms with van der Waals surface area (Å²) >= 11 is 5.28. The highest BCUT2D eigenvalue weighted by molar-refractivity contribution is 7.80. The van der Waals surface area contributed by atoms with E-state index in [0.717, 1.165) is 5.39 Å². The lowest BCUT2D eigenvalue weighted by molar-refractivity contribution is 0.0974. The number of furan rings is 1. The number of rotatable bonds is 4. The van der Waals surface area contributed by atoms with Gasteiger partial charge in [0.2, 0.25) is 0 Å². The molecule has 0 radical (unpaired) electrons. The standard InChI is InChI=1S/C25H19N3O5S/c29-23(16-8-9-20-21(13-16)32-11-10-31-20)28-25(34)27-18-6-3-5-17(14-18)26-24(30)22-12-15-4-1-2-7-19(15)33-22/h1-9,12-14H,10-11H2,(H,26,30)(H2,27,28,29,34). The molecule has 0 atom stereocenters. The second kappa shape index (κ2) is 9.24. The Hall–Kier alpha value is -4.37. The van der Waals surface area contributed by atoms with Crippen LogP contribution in [0, 0.1) is 0 Å². The van der Waals surface area contributed by atoms with Crippen molar-refractivity contribution >= 4 is 51.5 Å². The van der Waals surface area contributed by atoms with Gasteiger partial charge in [0.1, 0.15) is 18.8 Å². The van der Waals surface area contributed by atoms with E-state index >= 15 is 0 Å². The van der Waals surface area contributed by atoms with Crippen molar-refractivity contribution in [3.63, 3.8) is 0 Å². The molecule has 0 unspecified atom stereocenters. The van der Waals surface area contributed by atoms with Crippen LogP contribution in [0.4, 0.5) is 11.4 Å². The topological polar surface area (TPSA) is 102 Å². The van der Waals surface area contributed by atoms with Crippen LogP contribution in [0.1, 0.15) is 20.9 Å². The van der Waals surface area contributed by atoms with Crippen molar-refractivity contribution in [2.24, 2.45) is 0 Å². The Morgan fingerprint density at radius 1 is 0.765 bits per heavy atom. The predicted octanol–water partition coefficient (Wildman–Crippen LogP) is 4.58. The summed E-state index contributed by atoms with van der Waals surface area (Å²) in [7, 11) is 0. The van der Waals surface area contributed by atoms with Crippen molar-refractivity contribution in [2.45, 2.75) is 0 Å². The summed E-state index contributed by atoms with van der Waals surface area (Å²) in [6, 6.07) is 21.0. The lowest BCUT2D eigenvalue weighted by Crippen LogP contribution is -2.34. The number of ether oxygens (including phenoxy) is 2. The van der Waals surface area contributed by atoms with Crippen molar-refractivity contribution in [3.05, 3.63) is 84.1 Å². The highest BCUT2D eigenvalue weighted by Gasteiger charge is 2.16. The van der Waals surface area contributed by atoms with Gasteiger partial charge in [0, 0.05) is 22.3 Å². The van der Waals surface area contributed by atoms with Crippen LogP contribution in [-0.4, -0.2) is 30.1 Å². The summed E-state index contributed by atoms with van der Waals surface area (Å²) in [6.07, 6.45) is 0. The van der Waals surface area contributed by atoms with E-state index in [2.05, 4.69) is 16.0 Å². The molecule has 0 spiro atoms. The third kappa shape index (κ3) is 4.69. The molecular formula is C25H19N3O5S. The maximum Gasteiger partial charge on any atom is 0.291 e. The average molecular weight is 474 g/mol. The molecule has 0 saturated carbocycles. The van der Waals surface area contributed by atoms with Crippen molar-refractivity contribution in [3.8, 4) is 11.5 Å². The number of nitrogens with one attached hydrogen (secondary N) is 3. The van der Waals surface area contributed by atoms with E-state index in [1.165, 1.54) is 0 Å². The van der Waals surface area contributed by atoms with Gasteiger partial charge in [0.25, 0.3) is 11.8 Å². The molecule has 0 saturated heterocycles. The van der Waals surface area contributed by atoms with E-state index in [-0.39, 0.29) is 22.7 Å².